The SMILES string of the molecule is COC(C(N)c1cc2cc(C)ccc2o1)C(C)(C)C. The molecule has 0 fully saturated rings. The number of hydrogen-bond donors (Lipinski definition) is 1. The zero-order valence-corrected chi connectivity index (χ0v) is 12.4. The van der Waals surface area contributed by atoms with E-state index in [1.807, 2.05) is 18.2 Å². The molecule has 2 aromatic rings. The summed E-state index contributed by atoms with van der Waals surface area (Å²) in [5, 5.41) is 1.09. The van der Waals surface area contributed by atoms with Crippen LogP contribution in [0.3, 0.4) is 0 Å². The van der Waals surface area contributed by atoms with Gasteiger partial charge in [-0.05, 0) is 30.5 Å². The number of furan rings is 1. The third-order valence-electron chi connectivity index (χ3n) is 3.45. The highest BCUT2D eigenvalue weighted by Gasteiger charge is 2.32. The number of nitrogens with two attached hydrogens (primary N) is 1. The first-order chi connectivity index (χ1) is 8.82. The molecule has 2 unspecified atom stereocenters. The van der Waals surface area contributed by atoms with E-state index in [4.69, 9.17) is 14.9 Å². The Morgan fingerprint density at radius 2 is 1.89 bits per heavy atom. The van der Waals surface area contributed by atoms with Gasteiger partial charge in [-0.1, -0.05) is 32.4 Å². The van der Waals surface area contributed by atoms with Gasteiger partial charge in [0.25, 0.3) is 0 Å². The first kappa shape index (κ1) is 14.1. The molecule has 0 radical (unpaired) electrons. The maximum atomic E-state index is 6.32. The first-order valence-electron chi connectivity index (χ1n) is 6.61. The van der Waals surface area contributed by atoms with Crippen LogP contribution in [0, 0.1) is 12.3 Å². The van der Waals surface area contributed by atoms with Crippen molar-refractivity contribution in [2.24, 2.45) is 11.1 Å². The number of rotatable bonds is 3. The minimum absolute atomic E-state index is 0.0386. The Kier molecular flexibility index (Phi) is 3.70. The smallest absolute Gasteiger partial charge is 0.134 e. The Balaban J connectivity index is 2.38. The summed E-state index contributed by atoms with van der Waals surface area (Å²) in [6, 6.07) is 7.88. The third-order valence-corrected chi connectivity index (χ3v) is 3.45. The lowest BCUT2D eigenvalue weighted by atomic mass is 9.84. The first-order valence-corrected chi connectivity index (χ1v) is 6.61. The van der Waals surface area contributed by atoms with E-state index in [0.717, 1.165) is 16.7 Å². The van der Waals surface area contributed by atoms with Gasteiger partial charge in [-0.3, -0.25) is 0 Å². The van der Waals surface area contributed by atoms with E-state index in [-0.39, 0.29) is 17.6 Å². The van der Waals surface area contributed by atoms with Gasteiger partial charge in [0.05, 0.1) is 12.1 Å². The van der Waals surface area contributed by atoms with Crippen molar-refractivity contribution in [2.45, 2.75) is 39.8 Å². The van der Waals surface area contributed by atoms with E-state index in [9.17, 15) is 0 Å². The molecule has 0 aliphatic carbocycles. The van der Waals surface area contributed by atoms with E-state index in [2.05, 4.69) is 33.8 Å². The second kappa shape index (κ2) is 4.99. The Bertz CT molecular complexity index is 566. The summed E-state index contributed by atoms with van der Waals surface area (Å²) in [7, 11) is 1.70. The van der Waals surface area contributed by atoms with Gasteiger partial charge in [0.1, 0.15) is 11.3 Å². The normalized spacial score (nSPS) is 15.7. The number of aryl methyl sites for hydroxylation is 1. The van der Waals surface area contributed by atoms with Gasteiger partial charge in [0.2, 0.25) is 0 Å². The van der Waals surface area contributed by atoms with E-state index in [0.29, 0.717) is 0 Å². The Labute approximate surface area is 114 Å². The molecule has 19 heavy (non-hydrogen) atoms. The Morgan fingerprint density at radius 3 is 2.47 bits per heavy atom. The van der Waals surface area contributed by atoms with E-state index < -0.39 is 0 Å². The average Bonchev–Trinajstić information content (AvgIpc) is 2.70. The van der Waals surface area contributed by atoms with Gasteiger partial charge in [0.15, 0.2) is 0 Å². The molecule has 1 aromatic heterocycles. The van der Waals surface area contributed by atoms with Crippen molar-refractivity contribution in [3.8, 4) is 0 Å². The molecule has 0 aliphatic rings. The van der Waals surface area contributed by atoms with Gasteiger partial charge in [0, 0.05) is 12.5 Å². The van der Waals surface area contributed by atoms with Crippen LogP contribution in [0.25, 0.3) is 11.0 Å². The Hall–Kier alpha value is -1.32. The van der Waals surface area contributed by atoms with E-state index in [1.165, 1.54) is 5.56 Å². The molecule has 0 amide bonds. The lowest BCUT2D eigenvalue weighted by Crippen LogP contribution is -2.38. The van der Waals surface area contributed by atoms with Crippen LogP contribution in [-0.4, -0.2) is 13.2 Å². The summed E-state index contributed by atoms with van der Waals surface area (Å²) in [6.45, 7) is 8.43. The maximum absolute atomic E-state index is 6.32. The van der Waals surface area contributed by atoms with Gasteiger partial charge in [-0.25, -0.2) is 0 Å². The topological polar surface area (TPSA) is 48.4 Å². The predicted octanol–water partition coefficient (Wildman–Crippen LogP) is 3.80. The number of benzene rings is 1. The molecule has 0 aliphatic heterocycles. The fourth-order valence-corrected chi connectivity index (χ4v) is 2.54. The molecule has 2 N–H and O–H groups in total. The summed E-state index contributed by atoms with van der Waals surface area (Å²) in [5.41, 5.74) is 8.37. The van der Waals surface area contributed by atoms with Gasteiger partial charge >= 0.3 is 0 Å². The van der Waals surface area contributed by atoms with Crippen LogP contribution < -0.4 is 5.73 Å². The number of fused-ring (bicyclic) bond motifs is 1. The number of methoxy groups -OCH3 is 1. The summed E-state index contributed by atoms with van der Waals surface area (Å²) < 4.78 is 11.4. The van der Waals surface area contributed by atoms with Crippen LogP contribution in [0.2, 0.25) is 0 Å². The monoisotopic (exact) mass is 261 g/mol. The number of hydrogen-bond acceptors (Lipinski definition) is 3. The molecule has 0 saturated heterocycles. The van der Waals surface area contributed by atoms with Crippen molar-refractivity contribution >= 4 is 11.0 Å². The number of ether oxygens (including phenoxy) is 1. The predicted molar refractivity (Wildman–Crippen MR) is 78.1 cm³/mol. The van der Waals surface area contributed by atoms with Crippen LogP contribution in [0.5, 0.6) is 0 Å². The third kappa shape index (κ3) is 2.82. The summed E-state index contributed by atoms with van der Waals surface area (Å²) in [4.78, 5) is 0. The highest BCUT2D eigenvalue weighted by atomic mass is 16.5. The fourth-order valence-electron chi connectivity index (χ4n) is 2.54. The summed E-state index contributed by atoms with van der Waals surface area (Å²) in [6.07, 6.45) is -0.0887. The maximum Gasteiger partial charge on any atom is 0.134 e. The molecule has 0 saturated carbocycles. The molecule has 1 aromatic carbocycles. The molecular weight excluding hydrogens is 238 g/mol. The minimum Gasteiger partial charge on any atom is -0.459 e. The van der Waals surface area contributed by atoms with Gasteiger partial charge in [-0.15, -0.1) is 0 Å². The standard InChI is InChI=1S/C16H23NO2/c1-10-6-7-12-11(8-10)9-13(19-12)14(17)15(18-5)16(2,3)4/h6-9,14-15H,17H2,1-5H3. The zero-order valence-electron chi connectivity index (χ0n) is 12.4. The molecule has 2 atom stereocenters. The van der Waals surface area contributed by atoms with Crippen LogP contribution in [-0.2, 0) is 4.74 Å². The van der Waals surface area contributed by atoms with Crippen LogP contribution in [0.4, 0.5) is 0 Å². The molecule has 104 valence electrons. The molecule has 0 spiro atoms. The minimum atomic E-state index is -0.266. The molecule has 0 bridgehead atoms. The van der Waals surface area contributed by atoms with Gasteiger partial charge < -0.3 is 14.9 Å². The van der Waals surface area contributed by atoms with Crippen LogP contribution in [0.1, 0.15) is 38.1 Å². The van der Waals surface area contributed by atoms with Crippen LogP contribution >= 0.6 is 0 Å². The van der Waals surface area contributed by atoms with Crippen molar-refractivity contribution in [3.63, 3.8) is 0 Å². The fraction of sp³-hybridized carbons (Fsp3) is 0.500. The largest absolute Gasteiger partial charge is 0.459 e. The zero-order chi connectivity index (χ0) is 14.2. The van der Waals surface area contributed by atoms with Crippen molar-refractivity contribution in [3.05, 3.63) is 35.6 Å². The molecule has 2 rings (SSSR count). The summed E-state index contributed by atoms with van der Waals surface area (Å²) >= 11 is 0. The lowest BCUT2D eigenvalue weighted by Gasteiger charge is -2.32. The highest BCUT2D eigenvalue weighted by molar-refractivity contribution is 5.78. The lowest BCUT2D eigenvalue weighted by molar-refractivity contribution is -0.00667. The highest BCUT2D eigenvalue weighted by Crippen LogP contribution is 2.33. The average molecular weight is 261 g/mol. The van der Waals surface area contributed by atoms with Crippen molar-refractivity contribution in [1.29, 1.82) is 0 Å². The van der Waals surface area contributed by atoms with Crippen molar-refractivity contribution < 1.29 is 9.15 Å². The van der Waals surface area contributed by atoms with Crippen LogP contribution in [0.15, 0.2) is 28.7 Å². The molecule has 1 heterocycles. The van der Waals surface area contributed by atoms with Crippen molar-refractivity contribution in [2.75, 3.05) is 7.11 Å². The Morgan fingerprint density at radius 1 is 1.21 bits per heavy atom. The summed E-state index contributed by atoms with van der Waals surface area (Å²) in [5.74, 6) is 0.780. The molecular formula is C16H23NO2. The van der Waals surface area contributed by atoms with E-state index in [1.54, 1.807) is 7.11 Å². The van der Waals surface area contributed by atoms with Crippen molar-refractivity contribution in [1.82, 2.24) is 0 Å². The van der Waals surface area contributed by atoms with E-state index >= 15 is 0 Å². The molecule has 3 nitrogen and oxygen atoms in total. The van der Waals surface area contributed by atoms with Gasteiger partial charge in [-0.2, -0.15) is 0 Å². The second-order valence-corrected chi connectivity index (χ2v) is 6.24. The quantitative estimate of drug-likeness (QED) is 0.914. The second-order valence-electron chi connectivity index (χ2n) is 6.24. The molecule has 3 heteroatoms.